The lowest BCUT2D eigenvalue weighted by atomic mass is 10.1. The zero-order valence-electron chi connectivity index (χ0n) is 18.8. The van der Waals surface area contributed by atoms with Crippen LogP contribution in [0, 0.1) is 0 Å². The molecule has 0 radical (unpaired) electrons. The van der Waals surface area contributed by atoms with Crippen LogP contribution < -0.4 is 10.6 Å². The van der Waals surface area contributed by atoms with Crippen LogP contribution >= 0.6 is 24.0 Å². The number of aliphatic imine (C=N–C) groups is 1. The summed E-state index contributed by atoms with van der Waals surface area (Å²) in [5, 5.41) is 6.61. The fraction of sp³-hybridized carbons (Fsp3) is 0.591. The van der Waals surface area contributed by atoms with Crippen molar-refractivity contribution in [2.75, 3.05) is 39.3 Å². The molecular formula is C22H36IN5O3. The quantitative estimate of drug-likeness (QED) is 0.298. The third-order valence-corrected chi connectivity index (χ3v) is 5.03. The highest BCUT2D eigenvalue weighted by Gasteiger charge is 2.24. The molecule has 8 nitrogen and oxygen atoms in total. The first-order valence-electron chi connectivity index (χ1n) is 10.9. The maximum Gasteiger partial charge on any atom is 0.409 e. The number of hydrogen-bond donors (Lipinski definition) is 2. The third kappa shape index (κ3) is 9.32. The van der Waals surface area contributed by atoms with Crippen molar-refractivity contribution in [1.82, 2.24) is 20.4 Å². The van der Waals surface area contributed by atoms with Crippen molar-refractivity contribution in [2.45, 2.75) is 46.2 Å². The van der Waals surface area contributed by atoms with Gasteiger partial charge in [-0.25, -0.2) is 9.79 Å². The molecule has 1 aromatic rings. The number of amides is 2. The molecule has 1 heterocycles. The number of nitrogens with zero attached hydrogens (tertiary/aromatic N) is 3. The maximum absolute atomic E-state index is 12.7. The Kier molecular flexibility index (Phi) is 13.0. The van der Waals surface area contributed by atoms with Gasteiger partial charge < -0.3 is 25.2 Å². The molecule has 0 atom stereocenters. The summed E-state index contributed by atoms with van der Waals surface area (Å²) in [5.41, 5.74) is 1.11. The monoisotopic (exact) mass is 545 g/mol. The predicted octanol–water partition coefficient (Wildman–Crippen LogP) is 2.83. The van der Waals surface area contributed by atoms with E-state index in [4.69, 9.17) is 4.74 Å². The molecule has 0 aromatic heterocycles. The predicted molar refractivity (Wildman–Crippen MR) is 134 cm³/mol. The molecule has 1 fully saturated rings. The number of halogens is 1. The van der Waals surface area contributed by atoms with Gasteiger partial charge in [0.1, 0.15) is 6.54 Å². The molecule has 1 aliphatic heterocycles. The van der Waals surface area contributed by atoms with Crippen LogP contribution in [-0.4, -0.2) is 73.1 Å². The van der Waals surface area contributed by atoms with Crippen molar-refractivity contribution < 1.29 is 14.3 Å². The number of rotatable bonds is 8. The molecular weight excluding hydrogens is 509 g/mol. The summed E-state index contributed by atoms with van der Waals surface area (Å²) in [7, 11) is 0. The van der Waals surface area contributed by atoms with E-state index in [0.717, 1.165) is 18.4 Å². The number of benzene rings is 1. The van der Waals surface area contributed by atoms with E-state index in [9.17, 15) is 9.59 Å². The lowest BCUT2D eigenvalue weighted by molar-refractivity contribution is -0.130. The number of piperidine rings is 1. The van der Waals surface area contributed by atoms with Crippen LogP contribution in [0.4, 0.5) is 4.79 Å². The van der Waals surface area contributed by atoms with Crippen LogP contribution in [0.1, 0.15) is 39.2 Å². The summed E-state index contributed by atoms with van der Waals surface area (Å²) < 4.78 is 5.07. The van der Waals surface area contributed by atoms with E-state index in [1.54, 1.807) is 9.80 Å². The van der Waals surface area contributed by atoms with Crippen LogP contribution in [0.25, 0.3) is 0 Å². The maximum atomic E-state index is 12.7. The first kappa shape index (κ1) is 27.0. The van der Waals surface area contributed by atoms with Gasteiger partial charge in [-0.2, -0.15) is 0 Å². The highest BCUT2D eigenvalue weighted by atomic mass is 127. The van der Waals surface area contributed by atoms with Crippen molar-refractivity contribution in [3.63, 3.8) is 0 Å². The van der Waals surface area contributed by atoms with Gasteiger partial charge in [-0.3, -0.25) is 4.79 Å². The number of hydrogen-bond acceptors (Lipinski definition) is 4. The number of nitrogens with one attached hydrogen (secondary N) is 2. The molecule has 2 N–H and O–H groups in total. The van der Waals surface area contributed by atoms with Crippen LogP contribution in [0.5, 0.6) is 0 Å². The molecule has 2 amide bonds. The smallest absolute Gasteiger partial charge is 0.409 e. The second-order valence-corrected chi connectivity index (χ2v) is 7.19. The average molecular weight is 545 g/mol. The Morgan fingerprint density at radius 2 is 1.84 bits per heavy atom. The topological polar surface area (TPSA) is 86.3 Å². The fourth-order valence-corrected chi connectivity index (χ4v) is 3.36. The van der Waals surface area contributed by atoms with Crippen LogP contribution in [0.15, 0.2) is 35.3 Å². The Balaban J connectivity index is 0.00000480. The minimum atomic E-state index is -0.250. The Morgan fingerprint density at radius 3 is 2.42 bits per heavy atom. The van der Waals surface area contributed by atoms with Crippen LogP contribution in [0.3, 0.4) is 0 Å². The molecule has 1 saturated heterocycles. The van der Waals surface area contributed by atoms with Gasteiger partial charge >= 0.3 is 6.09 Å². The Labute approximate surface area is 202 Å². The zero-order chi connectivity index (χ0) is 21.8. The van der Waals surface area contributed by atoms with E-state index in [2.05, 4.69) is 15.6 Å². The van der Waals surface area contributed by atoms with Gasteiger partial charge in [-0.05, 0) is 39.2 Å². The van der Waals surface area contributed by atoms with E-state index in [0.29, 0.717) is 45.3 Å². The molecule has 0 aliphatic carbocycles. The lowest BCUT2D eigenvalue weighted by Crippen LogP contribution is -2.50. The Hall–Kier alpha value is -2.04. The zero-order valence-corrected chi connectivity index (χ0v) is 21.1. The molecule has 0 saturated carbocycles. The summed E-state index contributed by atoms with van der Waals surface area (Å²) in [6.45, 7) is 9.50. The number of ether oxygens (including phenoxy) is 1. The van der Waals surface area contributed by atoms with E-state index in [1.165, 1.54) is 0 Å². The van der Waals surface area contributed by atoms with Crippen molar-refractivity contribution >= 4 is 41.9 Å². The van der Waals surface area contributed by atoms with Crippen molar-refractivity contribution in [1.29, 1.82) is 0 Å². The summed E-state index contributed by atoms with van der Waals surface area (Å²) >= 11 is 0. The lowest BCUT2D eigenvalue weighted by Gasteiger charge is -2.32. The number of likely N-dealkylation sites (N-methyl/N-ethyl adjacent to an activating group) is 1. The van der Waals surface area contributed by atoms with Crippen LogP contribution in [-0.2, 0) is 16.1 Å². The normalized spacial score (nSPS) is 14.4. The minimum absolute atomic E-state index is 0. The number of carbonyl (C=O) groups excluding carboxylic acids is 2. The third-order valence-electron chi connectivity index (χ3n) is 5.03. The number of carbonyl (C=O) groups is 2. The highest BCUT2D eigenvalue weighted by Crippen LogP contribution is 2.11. The Bertz CT molecular complexity index is 694. The second kappa shape index (κ2) is 14.9. The fourth-order valence-electron chi connectivity index (χ4n) is 3.36. The first-order valence-corrected chi connectivity index (χ1v) is 10.9. The van der Waals surface area contributed by atoms with E-state index >= 15 is 0 Å². The van der Waals surface area contributed by atoms with Gasteiger partial charge in [0.05, 0.1) is 6.61 Å². The molecule has 2 rings (SSSR count). The summed E-state index contributed by atoms with van der Waals surface area (Å²) in [6, 6.07) is 10.2. The molecule has 31 heavy (non-hydrogen) atoms. The summed E-state index contributed by atoms with van der Waals surface area (Å²) in [6.07, 6.45) is 1.37. The highest BCUT2D eigenvalue weighted by molar-refractivity contribution is 14.0. The van der Waals surface area contributed by atoms with E-state index in [-0.39, 0.29) is 48.6 Å². The second-order valence-electron chi connectivity index (χ2n) is 7.19. The van der Waals surface area contributed by atoms with Crippen molar-refractivity contribution in [3.05, 3.63) is 35.9 Å². The minimum Gasteiger partial charge on any atom is -0.450 e. The van der Waals surface area contributed by atoms with Crippen molar-refractivity contribution in [3.8, 4) is 0 Å². The Morgan fingerprint density at radius 1 is 1.16 bits per heavy atom. The largest absolute Gasteiger partial charge is 0.450 e. The molecule has 1 aromatic carbocycles. The van der Waals surface area contributed by atoms with Gasteiger partial charge in [-0.1, -0.05) is 30.3 Å². The molecule has 9 heteroatoms. The van der Waals surface area contributed by atoms with E-state index < -0.39 is 0 Å². The van der Waals surface area contributed by atoms with E-state index in [1.807, 2.05) is 51.1 Å². The van der Waals surface area contributed by atoms with Gasteiger partial charge in [-0.15, -0.1) is 24.0 Å². The average Bonchev–Trinajstić information content (AvgIpc) is 2.77. The molecule has 0 spiro atoms. The number of guanidine groups is 1. The standard InChI is InChI=1S/C22H35N5O3.HI/c1-4-23-21(25-19-12-14-27(15-13-19)22(29)30-6-3)24-16-20(28)26(5-2)17-18-10-8-7-9-11-18;/h7-11,19H,4-6,12-17H2,1-3H3,(H2,23,24,25);1H. The summed E-state index contributed by atoms with van der Waals surface area (Å²) in [4.78, 5) is 32.5. The molecule has 0 unspecified atom stereocenters. The van der Waals surface area contributed by atoms with Crippen LogP contribution in [0.2, 0.25) is 0 Å². The van der Waals surface area contributed by atoms with Gasteiger partial charge in [0, 0.05) is 38.8 Å². The summed E-state index contributed by atoms with van der Waals surface area (Å²) in [5.74, 6) is 0.631. The van der Waals surface area contributed by atoms with Crippen molar-refractivity contribution in [2.24, 2.45) is 4.99 Å². The van der Waals surface area contributed by atoms with Gasteiger partial charge in [0.2, 0.25) is 5.91 Å². The molecule has 174 valence electrons. The SMILES string of the molecule is CCNC(=NCC(=O)N(CC)Cc1ccccc1)NC1CCN(C(=O)OCC)CC1.I. The molecule has 1 aliphatic rings. The first-order chi connectivity index (χ1) is 14.6. The molecule has 0 bridgehead atoms. The number of likely N-dealkylation sites (tertiary alicyclic amines) is 1. The van der Waals surface area contributed by atoms with Gasteiger partial charge in [0.25, 0.3) is 0 Å². The van der Waals surface area contributed by atoms with Gasteiger partial charge in [0.15, 0.2) is 5.96 Å².